The van der Waals surface area contributed by atoms with E-state index in [0.29, 0.717) is 0 Å². The molecule has 0 amide bonds. The first kappa shape index (κ1) is 12.9. The third-order valence-corrected chi connectivity index (χ3v) is 3.80. The van der Waals surface area contributed by atoms with Crippen molar-refractivity contribution in [2.45, 2.75) is 11.4 Å². The number of fused-ring (bicyclic) bond motifs is 1. The molecule has 0 bridgehead atoms. The summed E-state index contributed by atoms with van der Waals surface area (Å²) in [6.07, 6.45) is 4.70. The standard InChI is InChI=1S/C15H12O5/c16-12-9-5-1-2-6-10(9)13(17)11(12)14(18)7-3-4-8-15(14,19)20/h1-8,11,18-20H/t14-/m0/s1. The molecule has 0 unspecified atom stereocenters. The lowest BCUT2D eigenvalue weighted by Gasteiger charge is -2.39. The zero-order valence-corrected chi connectivity index (χ0v) is 10.4. The zero-order valence-electron chi connectivity index (χ0n) is 10.4. The van der Waals surface area contributed by atoms with Crippen LogP contribution in [0, 0.1) is 5.92 Å². The van der Waals surface area contributed by atoms with Gasteiger partial charge in [0, 0.05) is 11.1 Å². The van der Waals surface area contributed by atoms with Crippen molar-refractivity contribution in [3.05, 3.63) is 59.7 Å². The molecule has 0 aliphatic heterocycles. The first-order chi connectivity index (χ1) is 9.38. The molecule has 0 aromatic heterocycles. The number of aliphatic hydroxyl groups is 3. The molecular weight excluding hydrogens is 260 g/mol. The van der Waals surface area contributed by atoms with Crippen molar-refractivity contribution in [3.63, 3.8) is 0 Å². The highest BCUT2D eigenvalue weighted by atomic mass is 16.5. The van der Waals surface area contributed by atoms with Crippen molar-refractivity contribution in [2.75, 3.05) is 0 Å². The van der Waals surface area contributed by atoms with Crippen molar-refractivity contribution < 1.29 is 24.9 Å². The highest BCUT2D eigenvalue weighted by Gasteiger charge is 2.59. The van der Waals surface area contributed by atoms with E-state index in [1.54, 1.807) is 12.1 Å². The Balaban J connectivity index is 2.14. The number of hydrogen-bond acceptors (Lipinski definition) is 5. The fourth-order valence-corrected chi connectivity index (χ4v) is 2.70. The fraction of sp³-hybridized carbons (Fsp3) is 0.200. The summed E-state index contributed by atoms with van der Waals surface area (Å²) in [5, 5.41) is 30.4. The predicted octanol–water partition coefficient (Wildman–Crippen LogP) is 0.220. The molecule has 0 fully saturated rings. The normalized spacial score (nSPS) is 27.9. The Morgan fingerprint density at radius 2 is 1.35 bits per heavy atom. The first-order valence-corrected chi connectivity index (χ1v) is 6.10. The molecule has 3 rings (SSSR count). The SMILES string of the molecule is O=C1c2ccccc2C(=O)C1[C@@]1(O)C=CC=CC1(O)O. The maximum Gasteiger partial charge on any atom is 0.217 e. The Kier molecular flexibility index (Phi) is 2.56. The van der Waals surface area contributed by atoms with Gasteiger partial charge in [0.1, 0.15) is 5.92 Å². The third-order valence-electron chi connectivity index (χ3n) is 3.80. The van der Waals surface area contributed by atoms with Gasteiger partial charge in [-0.2, -0.15) is 0 Å². The van der Waals surface area contributed by atoms with Gasteiger partial charge in [-0.15, -0.1) is 0 Å². The van der Waals surface area contributed by atoms with E-state index in [0.717, 1.165) is 12.2 Å². The van der Waals surface area contributed by atoms with Crippen LogP contribution < -0.4 is 0 Å². The maximum atomic E-state index is 12.3. The number of ketones is 2. The molecule has 2 aliphatic rings. The molecule has 0 spiro atoms. The highest BCUT2D eigenvalue weighted by Crippen LogP contribution is 2.41. The summed E-state index contributed by atoms with van der Waals surface area (Å²) in [6, 6.07) is 6.19. The van der Waals surface area contributed by atoms with Crippen LogP contribution in [0.4, 0.5) is 0 Å². The molecule has 1 aromatic carbocycles. The van der Waals surface area contributed by atoms with Gasteiger partial charge in [-0.3, -0.25) is 9.59 Å². The van der Waals surface area contributed by atoms with Crippen molar-refractivity contribution >= 4 is 11.6 Å². The fourth-order valence-electron chi connectivity index (χ4n) is 2.70. The maximum absolute atomic E-state index is 12.3. The van der Waals surface area contributed by atoms with Crippen LogP contribution in [-0.2, 0) is 0 Å². The lowest BCUT2D eigenvalue weighted by molar-refractivity contribution is -0.231. The minimum atomic E-state index is -2.68. The lowest BCUT2D eigenvalue weighted by Crippen LogP contribution is -2.60. The number of benzene rings is 1. The number of allylic oxidation sites excluding steroid dienone is 2. The molecule has 102 valence electrons. The van der Waals surface area contributed by atoms with Crippen LogP contribution in [-0.4, -0.2) is 38.3 Å². The highest BCUT2D eigenvalue weighted by molar-refractivity contribution is 6.27. The van der Waals surface area contributed by atoms with Gasteiger partial charge in [-0.05, 0) is 12.2 Å². The number of Topliss-reactive ketones (excluding diaryl/α,β-unsaturated/α-hetero) is 2. The van der Waals surface area contributed by atoms with Gasteiger partial charge in [0.15, 0.2) is 17.2 Å². The van der Waals surface area contributed by atoms with Crippen LogP contribution in [0.3, 0.4) is 0 Å². The average molecular weight is 272 g/mol. The molecule has 1 atom stereocenters. The Morgan fingerprint density at radius 1 is 0.850 bits per heavy atom. The van der Waals surface area contributed by atoms with Crippen LogP contribution in [0.2, 0.25) is 0 Å². The van der Waals surface area contributed by atoms with Crippen molar-refractivity contribution in [1.82, 2.24) is 0 Å². The smallest absolute Gasteiger partial charge is 0.217 e. The lowest BCUT2D eigenvalue weighted by atomic mass is 9.75. The Bertz CT molecular complexity index is 636. The molecule has 20 heavy (non-hydrogen) atoms. The summed E-state index contributed by atoms with van der Waals surface area (Å²) in [5.74, 6) is -5.46. The topological polar surface area (TPSA) is 94.8 Å². The van der Waals surface area contributed by atoms with Crippen LogP contribution in [0.1, 0.15) is 20.7 Å². The van der Waals surface area contributed by atoms with Gasteiger partial charge < -0.3 is 15.3 Å². The quantitative estimate of drug-likeness (QED) is 0.502. The van der Waals surface area contributed by atoms with E-state index in [2.05, 4.69) is 0 Å². The van der Waals surface area contributed by atoms with Crippen molar-refractivity contribution in [1.29, 1.82) is 0 Å². The largest absolute Gasteiger partial charge is 0.378 e. The summed E-state index contributed by atoms with van der Waals surface area (Å²) in [6.45, 7) is 0. The van der Waals surface area contributed by atoms with Gasteiger partial charge in [0.05, 0.1) is 0 Å². The second-order valence-electron chi connectivity index (χ2n) is 4.98. The Hall–Kier alpha value is -2.08. The Morgan fingerprint density at radius 3 is 1.85 bits per heavy atom. The predicted molar refractivity (Wildman–Crippen MR) is 69.0 cm³/mol. The molecule has 0 radical (unpaired) electrons. The second kappa shape index (κ2) is 3.96. The molecule has 5 heteroatoms. The van der Waals surface area contributed by atoms with Gasteiger partial charge in [-0.25, -0.2) is 0 Å². The number of hydrogen-bond donors (Lipinski definition) is 3. The van der Waals surface area contributed by atoms with Crippen LogP contribution in [0.5, 0.6) is 0 Å². The molecule has 0 saturated heterocycles. The van der Waals surface area contributed by atoms with Crippen LogP contribution >= 0.6 is 0 Å². The number of rotatable bonds is 1. The summed E-state index contributed by atoms with van der Waals surface area (Å²) in [5.41, 5.74) is -2.00. The van der Waals surface area contributed by atoms with Gasteiger partial charge >= 0.3 is 0 Å². The van der Waals surface area contributed by atoms with Crippen molar-refractivity contribution in [3.8, 4) is 0 Å². The average Bonchev–Trinajstić information content (AvgIpc) is 2.67. The zero-order chi connectivity index (χ0) is 14.5. The van der Waals surface area contributed by atoms with Gasteiger partial charge in [0.25, 0.3) is 0 Å². The van der Waals surface area contributed by atoms with Crippen molar-refractivity contribution in [2.24, 2.45) is 5.92 Å². The molecule has 2 aliphatic carbocycles. The van der Waals surface area contributed by atoms with Crippen LogP contribution in [0.15, 0.2) is 48.6 Å². The number of carbonyl (C=O) groups is 2. The third kappa shape index (κ3) is 1.48. The van der Waals surface area contributed by atoms with E-state index in [9.17, 15) is 24.9 Å². The summed E-state index contributed by atoms with van der Waals surface area (Å²) in [7, 11) is 0. The minimum Gasteiger partial charge on any atom is -0.378 e. The molecule has 0 heterocycles. The van der Waals surface area contributed by atoms with E-state index in [1.807, 2.05) is 0 Å². The molecule has 5 nitrogen and oxygen atoms in total. The van der Waals surface area contributed by atoms with E-state index >= 15 is 0 Å². The molecule has 1 aromatic rings. The van der Waals surface area contributed by atoms with E-state index in [-0.39, 0.29) is 11.1 Å². The van der Waals surface area contributed by atoms with Gasteiger partial charge in [0.2, 0.25) is 5.79 Å². The first-order valence-electron chi connectivity index (χ1n) is 6.10. The Labute approximate surface area is 114 Å². The van der Waals surface area contributed by atoms with E-state index in [4.69, 9.17) is 0 Å². The van der Waals surface area contributed by atoms with E-state index < -0.39 is 28.9 Å². The second-order valence-corrected chi connectivity index (χ2v) is 4.98. The summed E-state index contributed by atoms with van der Waals surface area (Å²) < 4.78 is 0. The summed E-state index contributed by atoms with van der Waals surface area (Å²) >= 11 is 0. The molecule has 0 saturated carbocycles. The van der Waals surface area contributed by atoms with E-state index in [1.165, 1.54) is 24.3 Å². The summed E-state index contributed by atoms with van der Waals surface area (Å²) in [4.78, 5) is 24.7. The number of carbonyl (C=O) groups excluding carboxylic acids is 2. The molecular formula is C15H12O5. The monoisotopic (exact) mass is 272 g/mol. The minimum absolute atomic E-state index is 0.190. The van der Waals surface area contributed by atoms with Crippen LogP contribution in [0.25, 0.3) is 0 Å². The molecule has 3 N–H and O–H groups in total. The van der Waals surface area contributed by atoms with Gasteiger partial charge in [-0.1, -0.05) is 36.4 Å².